The van der Waals surface area contributed by atoms with E-state index in [4.69, 9.17) is 0 Å². The van der Waals surface area contributed by atoms with Crippen molar-refractivity contribution in [1.82, 2.24) is 0 Å². The van der Waals surface area contributed by atoms with E-state index in [9.17, 15) is 30.4 Å². The topological polar surface area (TPSA) is 127 Å². The third-order valence-electron chi connectivity index (χ3n) is 15.6. The lowest BCUT2D eigenvalue weighted by Gasteiger charge is -2.57. The van der Waals surface area contributed by atoms with Gasteiger partial charge in [0.15, 0.2) is 11.5 Å². The van der Waals surface area contributed by atoms with E-state index in [1.807, 2.05) is 0 Å². The molecule has 4 aromatic carbocycles. The first-order chi connectivity index (χ1) is 25.5. The zero-order valence-electron chi connectivity index (χ0n) is 29.8. The molecule has 4 aromatic rings. The standard InChI is InChI=1S/C45H44N2O6/c48-41-7-3-33(17-39(41)46(50)51)45(34-4-8-42(49)40(18-34)47(52)53)37-15-31(43-19-25-9-26(20-43)11-27(10-25)21-43)1-5-35(37)36-6-2-32(16-38(36)45)44-22-28-12-29(23-44)14-30(13-28)24-44/h1-8,15-18,25-30,48-49H,9-14,19-24H2. The molecule has 8 saturated carbocycles. The van der Waals surface area contributed by atoms with Gasteiger partial charge in [-0.25, -0.2) is 0 Å². The van der Waals surface area contributed by atoms with E-state index in [1.165, 1.54) is 112 Å². The van der Waals surface area contributed by atoms with Crippen LogP contribution in [0.5, 0.6) is 11.5 Å². The molecule has 53 heavy (non-hydrogen) atoms. The molecule has 2 N–H and O–H groups in total. The number of aromatic hydroxyl groups is 2. The van der Waals surface area contributed by atoms with Gasteiger partial charge in [0.25, 0.3) is 0 Å². The van der Waals surface area contributed by atoms with Crippen molar-refractivity contribution in [3.63, 3.8) is 0 Å². The second-order valence-electron chi connectivity index (χ2n) is 18.6. The summed E-state index contributed by atoms with van der Waals surface area (Å²) < 4.78 is 0. The molecule has 8 nitrogen and oxygen atoms in total. The molecule has 8 bridgehead atoms. The van der Waals surface area contributed by atoms with E-state index < -0.39 is 38.1 Å². The molecule has 270 valence electrons. The number of phenolic OH excluding ortho intramolecular Hbond substituents is 2. The summed E-state index contributed by atoms with van der Waals surface area (Å²) >= 11 is 0. The van der Waals surface area contributed by atoms with E-state index in [0.717, 1.165) is 57.8 Å². The number of phenols is 2. The molecule has 0 radical (unpaired) electrons. The number of nitro benzene ring substituents is 2. The van der Waals surface area contributed by atoms with Gasteiger partial charge in [-0.05, 0) is 180 Å². The predicted molar refractivity (Wildman–Crippen MR) is 200 cm³/mol. The highest BCUT2D eigenvalue weighted by Crippen LogP contribution is 2.65. The largest absolute Gasteiger partial charge is 0.502 e. The fraction of sp³-hybridized carbons (Fsp3) is 0.467. The molecular formula is C45H44N2O6. The Bertz CT molecular complexity index is 2050. The van der Waals surface area contributed by atoms with E-state index in [0.29, 0.717) is 11.1 Å². The van der Waals surface area contributed by atoms with Crippen molar-refractivity contribution in [2.45, 2.75) is 93.3 Å². The lowest BCUT2D eigenvalue weighted by Crippen LogP contribution is -2.48. The number of fused-ring (bicyclic) bond motifs is 3. The normalized spacial score (nSPS) is 33.5. The Morgan fingerprint density at radius 3 is 1.11 bits per heavy atom. The van der Waals surface area contributed by atoms with Gasteiger partial charge in [0, 0.05) is 12.1 Å². The van der Waals surface area contributed by atoms with Crippen LogP contribution < -0.4 is 0 Å². The lowest BCUT2D eigenvalue weighted by atomic mass is 9.47. The maximum atomic E-state index is 12.5. The molecule has 0 spiro atoms. The van der Waals surface area contributed by atoms with Crippen LogP contribution in [0.3, 0.4) is 0 Å². The number of rotatable bonds is 6. The van der Waals surface area contributed by atoms with Crippen molar-refractivity contribution in [3.05, 3.63) is 126 Å². The first-order valence-corrected chi connectivity index (χ1v) is 19.8. The van der Waals surface area contributed by atoms with Crippen LogP contribution in [0.2, 0.25) is 0 Å². The second-order valence-corrected chi connectivity index (χ2v) is 18.6. The molecule has 0 saturated heterocycles. The highest BCUT2D eigenvalue weighted by molar-refractivity contribution is 5.87. The molecular weight excluding hydrogens is 665 g/mol. The molecule has 0 atom stereocenters. The summed E-state index contributed by atoms with van der Waals surface area (Å²) in [5.74, 6) is 3.56. The maximum absolute atomic E-state index is 12.5. The Balaban J connectivity index is 1.21. The molecule has 0 unspecified atom stereocenters. The predicted octanol–water partition coefficient (Wildman–Crippen LogP) is 10.2. The fourth-order valence-corrected chi connectivity index (χ4v) is 14.5. The van der Waals surface area contributed by atoms with Crippen LogP contribution in [-0.2, 0) is 16.2 Å². The van der Waals surface area contributed by atoms with Crippen LogP contribution in [0.4, 0.5) is 11.4 Å². The summed E-state index contributed by atoms with van der Waals surface area (Å²) in [6.07, 6.45) is 14.9. The molecule has 13 rings (SSSR count). The third kappa shape index (κ3) is 4.35. The van der Waals surface area contributed by atoms with Gasteiger partial charge in [0.2, 0.25) is 0 Å². The van der Waals surface area contributed by atoms with Crippen molar-refractivity contribution in [1.29, 1.82) is 0 Å². The number of nitrogens with zero attached hydrogens (tertiary/aromatic N) is 2. The Morgan fingerprint density at radius 2 is 0.792 bits per heavy atom. The van der Waals surface area contributed by atoms with Crippen LogP contribution in [0.25, 0.3) is 11.1 Å². The summed E-state index contributed by atoms with van der Waals surface area (Å²) in [5, 5.41) is 46.4. The van der Waals surface area contributed by atoms with Gasteiger partial charge in [-0.2, -0.15) is 0 Å². The number of benzene rings is 4. The molecule has 0 amide bonds. The Hall–Kier alpha value is -4.72. The van der Waals surface area contributed by atoms with E-state index in [2.05, 4.69) is 36.4 Å². The average Bonchev–Trinajstić information content (AvgIpc) is 3.40. The van der Waals surface area contributed by atoms with Gasteiger partial charge in [-0.3, -0.25) is 20.2 Å². The molecule has 8 heteroatoms. The SMILES string of the molecule is O=[N+]([O-])c1cc(C2(c3ccc(O)c([N+](=O)[O-])c3)c3cc(C45CC6CC(CC(C6)C4)C5)ccc3-c3ccc(C45CC6CC(CC(C6)C4)C5)cc32)ccc1O. The zero-order chi connectivity index (χ0) is 36.0. The summed E-state index contributed by atoms with van der Waals surface area (Å²) in [6, 6.07) is 23.1. The number of hydrogen-bond acceptors (Lipinski definition) is 6. The maximum Gasteiger partial charge on any atom is 0.311 e. The number of nitro groups is 2. The summed E-state index contributed by atoms with van der Waals surface area (Å²) in [7, 11) is 0. The van der Waals surface area contributed by atoms with Crippen LogP contribution in [0.1, 0.15) is 110 Å². The third-order valence-corrected chi connectivity index (χ3v) is 15.6. The molecule has 0 aliphatic heterocycles. The summed E-state index contributed by atoms with van der Waals surface area (Å²) in [5.41, 5.74) is 5.87. The number of hydrogen-bond donors (Lipinski definition) is 2. The van der Waals surface area contributed by atoms with Crippen molar-refractivity contribution < 1.29 is 20.1 Å². The zero-order valence-corrected chi connectivity index (χ0v) is 29.8. The quantitative estimate of drug-likeness (QED) is 0.134. The van der Waals surface area contributed by atoms with Gasteiger partial charge < -0.3 is 10.2 Å². The molecule has 9 aliphatic carbocycles. The molecule has 0 heterocycles. The fourth-order valence-electron chi connectivity index (χ4n) is 14.5. The van der Waals surface area contributed by atoms with Crippen molar-refractivity contribution >= 4 is 11.4 Å². The van der Waals surface area contributed by atoms with Crippen molar-refractivity contribution in [2.24, 2.45) is 35.5 Å². The van der Waals surface area contributed by atoms with E-state index >= 15 is 0 Å². The highest BCUT2D eigenvalue weighted by atomic mass is 16.6. The molecule has 0 aromatic heterocycles. The van der Waals surface area contributed by atoms with Gasteiger partial charge in [0.1, 0.15) is 0 Å². The average molecular weight is 709 g/mol. The summed E-state index contributed by atoms with van der Waals surface area (Å²) in [4.78, 5) is 23.8. The van der Waals surface area contributed by atoms with Gasteiger partial charge in [-0.1, -0.05) is 48.5 Å². The Morgan fingerprint density at radius 1 is 0.472 bits per heavy atom. The summed E-state index contributed by atoms with van der Waals surface area (Å²) in [6.45, 7) is 0. The van der Waals surface area contributed by atoms with Gasteiger partial charge >= 0.3 is 11.4 Å². The van der Waals surface area contributed by atoms with Crippen molar-refractivity contribution in [3.8, 4) is 22.6 Å². The minimum Gasteiger partial charge on any atom is -0.502 e. The van der Waals surface area contributed by atoms with Crippen LogP contribution in [0, 0.1) is 55.7 Å². The molecule has 9 aliphatic rings. The van der Waals surface area contributed by atoms with Gasteiger partial charge in [0.05, 0.1) is 15.3 Å². The van der Waals surface area contributed by atoms with Crippen LogP contribution >= 0.6 is 0 Å². The van der Waals surface area contributed by atoms with E-state index in [-0.39, 0.29) is 10.8 Å². The van der Waals surface area contributed by atoms with Gasteiger partial charge in [-0.15, -0.1) is 0 Å². The molecule has 8 fully saturated rings. The highest BCUT2D eigenvalue weighted by Gasteiger charge is 2.55. The van der Waals surface area contributed by atoms with Crippen LogP contribution in [0.15, 0.2) is 72.8 Å². The Labute approximate surface area is 308 Å². The minimum absolute atomic E-state index is 0.0660. The Kier molecular flexibility index (Phi) is 6.42. The van der Waals surface area contributed by atoms with Crippen molar-refractivity contribution in [2.75, 3.05) is 0 Å². The smallest absolute Gasteiger partial charge is 0.311 e. The monoisotopic (exact) mass is 708 g/mol. The minimum atomic E-state index is -1.18. The first-order valence-electron chi connectivity index (χ1n) is 19.8. The van der Waals surface area contributed by atoms with E-state index in [1.54, 1.807) is 12.1 Å². The second kappa shape index (κ2) is 10.7. The first kappa shape index (κ1) is 31.8. The lowest BCUT2D eigenvalue weighted by molar-refractivity contribution is -0.386. The van der Waals surface area contributed by atoms with Crippen LogP contribution in [-0.4, -0.2) is 20.1 Å².